The van der Waals surface area contributed by atoms with E-state index in [1.54, 1.807) is 26.0 Å². The maximum atomic E-state index is 13.1. The van der Waals surface area contributed by atoms with Gasteiger partial charge < -0.3 is 10.8 Å². The zero-order chi connectivity index (χ0) is 10.9. The van der Waals surface area contributed by atoms with Crippen molar-refractivity contribution in [2.75, 3.05) is 0 Å². The molecule has 0 fully saturated rings. The van der Waals surface area contributed by atoms with E-state index in [9.17, 15) is 9.50 Å². The van der Waals surface area contributed by atoms with Gasteiger partial charge in [0.25, 0.3) is 0 Å². The second-order valence-electron chi connectivity index (χ2n) is 3.90. The van der Waals surface area contributed by atoms with Gasteiger partial charge in [0.15, 0.2) is 0 Å². The van der Waals surface area contributed by atoms with Crippen LogP contribution in [-0.4, -0.2) is 10.6 Å². The van der Waals surface area contributed by atoms with Gasteiger partial charge in [0, 0.05) is 5.54 Å². The van der Waals surface area contributed by atoms with Gasteiger partial charge in [-0.15, -0.1) is 0 Å². The van der Waals surface area contributed by atoms with Crippen LogP contribution in [0.2, 0.25) is 0 Å². The molecule has 0 aliphatic heterocycles. The molecule has 1 aromatic rings. The third-order valence-corrected chi connectivity index (χ3v) is 2.61. The molecule has 1 atom stereocenters. The molecule has 0 aromatic heterocycles. The number of halogens is 2. The third-order valence-electron chi connectivity index (χ3n) is 1.96. The molecule has 0 spiro atoms. The van der Waals surface area contributed by atoms with E-state index in [1.807, 2.05) is 0 Å². The molecular weight excluding hydrogens is 249 g/mol. The van der Waals surface area contributed by atoms with Crippen LogP contribution in [0.25, 0.3) is 0 Å². The number of benzene rings is 1. The summed E-state index contributed by atoms with van der Waals surface area (Å²) in [6.45, 7) is 3.38. The molecule has 14 heavy (non-hydrogen) atoms. The molecule has 0 aliphatic rings. The lowest BCUT2D eigenvalue weighted by Crippen LogP contribution is -2.39. The SMILES string of the molecule is CC(C)(N)C(O)c1ccc(Br)c(F)c1. The summed E-state index contributed by atoms with van der Waals surface area (Å²) in [5.41, 5.74) is 5.42. The van der Waals surface area contributed by atoms with Crippen molar-refractivity contribution >= 4 is 15.9 Å². The van der Waals surface area contributed by atoms with Crippen molar-refractivity contribution < 1.29 is 9.50 Å². The van der Waals surface area contributed by atoms with Crippen LogP contribution in [-0.2, 0) is 0 Å². The van der Waals surface area contributed by atoms with Gasteiger partial charge in [-0.2, -0.15) is 0 Å². The van der Waals surface area contributed by atoms with Crippen molar-refractivity contribution in [1.29, 1.82) is 0 Å². The minimum atomic E-state index is -0.870. The number of hydrogen-bond donors (Lipinski definition) is 2. The normalized spacial score (nSPS) is 14.1. The van der Waals surface area contributed by atoms with E-state index in [4.69, 9.17) is 5.73 Å². The fourth-order valence-corrected chi connectivity index (χ4v) is 1.36. The lowest BCUT2D eigenvalue weighted by Gasteiger charge is -2.26. The Morgan fingerprint density at radius 2 is 2.07 bits per heavy atom. The monoisotopic (exact) mass is 261 g/mol. The van der Waals surface area contributed by atoms with Gasteiger partial charge in [-0.25, -0.2) is 4.39 Å². The molecule has 0 aliphatic carbocycles. The standard InChI is InChI=1S/C10H13BrFNO/c1-10(2,13)9(14)6-3-4-7(11)8(12)5-6/h3-5,9,14H,13H2,1-2H3. The Bertz CT molecular complexity index is 335. The maximum Gasteiger partial charge on any atom is 0.137 e. The molecular formula is C10H13BrFNO. The van der Waals surface area contributed by atoms with Crippen LogP contribution in [0.4, 0.5) is 4.39 Å². The summed E-state index contributed by atoms with van der Waals surface area (Å²) in [5.74, 6) is -0.397. The first-order valence-corrected chi connectivity index (χ1v) is 5.03. The van der Waals surface area contributed by atoms with Crippen molar-refractivity contribution in [3.8, 4) is 0 Å². The van der Waals surface area contributed by atoms with Crippen molar-refractivity contribution in [3.63, 3.8) is 0 Å². The van der Waals surface area contributed by atoms with Crippen molar-refractivity contribution in [1.82, 2.24) is 0 Å². The van der Waals surface area contributed by atoms with E-state index in [1.165, 1.54) is 6.07 Å². The van der Waals surface area contributed by atoms with Gasteiger partial charge in [0.2, 0.25) is 0 Å². The molecule has 1 unspecified atom stereocenters. The van der Waals surface area contributed by atoms with Crippen LogP contribution in [0.5, 0.6) is 0 Å². The average molecular weight is 262 g/mol. The molecule has 1 aromatic carbocycles. The van der Waals surface area contributed by atoms with Gasteiger partial charge in [-0.05, 0) is 47.5 Å². The molecule has 0 saturated carbocycles. The molecule has 3 N–H and O–H groups in total. The summed E-state index contributed by atoms with van der Waals surface area (Å²) in [7, 11) is 0. The number of hydrogen-bond acceptors (Lipinski definition) is 2. The molecule has 0 amide bonds. The van der Waals surface area contributed by atoms with Crippen LogP contribution < -0.4 is 5.73 Å². The zero-order valence-electron chi connectivity index (χ0n) is 8.09. The van der Waals surface area contributed by atoms with Gasteiger partial charge in [0.05, 0.1) is 10.6 Å². The summed E-state index contributed by atoms with van der Waals surface area (Å²) in [4.78, 5) is 0. The summed E-state index contributed by atoms with van der Waals surface area (Å²) in [5, 5.41) is 9.77. The third kappa shape index (κ3) is 2.53. The van der Waals surface area contributed by atoms with Crippen LogP contribution in [0.15, 0.2) is 22.7 Å². The molecule has 0 bridgehead atoms. The molecule has 0 heterocycles. The molecule has 1 rings (SSSR count). The van der Waals surface area contributed by atoms with E-state index in [0.29, 0.717) is 10.0 Å². The van der Waals surface area contributed by atoms with E-state index in [2.05, 4.69) is 15.9 Å². The predicted octanol–water partition coefficient (Wildman–Crippen LogP) is 2.36. The first-order valence-electron chi connectivity index (χ1n) is 4.24. The van der Waals surface area contributed by atoms with Crippen molar-refractivity contribution in [3.05, 3.63) is 34.1 Å². The summed E-state index contributed by atoms with van der Waals surface area (Å²) < 4.78 is 13.5. The van der Waals surface area contributed by atoms with Gasteiger partial charge >= 0.3 is 0 Å². The Morgan fingerprint density at radius 1 is 1.50 bits per heavy atom. The van der Waals surface area contributed by atoms with Crippen molar-refractivity contribution in [2.45, 2.75) is 25.5 Å². The summed E-state index contributed by atoms with van der Waals surface area (Å²) >= 11 is 3.04. The Hall–Kier alpha value is -0.450. The molecule has 0 saturated heterocycles. The van der Waals surface area contributed by atoms with Crippen LogP contribution in [0, 0.1) is 5.82 Å². The lowest BCUT2D eigenvalue weighted by molar-refractivity contribution is 0.104. The summed E-state index contributed by atoms with van der Waals surface area (Å²) in [6, 6.07) is 4.48. The fraction of sp³-hybridized carbons (Fsp3) is 0.400. The van der Waals surface area contributed by atoms with Gasteiger partial charge in [0.1, 0.15) is 5.82 Å². The highest BCUT2D eigenvalue weighted by Gasteiger charge is 2.24. The van der Waals surface area contributed by atoms with Crippen LogP contribution in [0.3, 0.4) is 0 Å². The van der Waals surface area contributed by atoms with E-state index in [0.717, 1.165) is 0 Å². The largest absolute Gasteiger partial charge is 0.387 e. The van der Waals surface area contributed by atoms with Crippen LogP contribution in [0.1, 0.15) is 25.5 Å². The quantitative estimate of drug-likeness (QED) is 0.859. The predicted molar refractivity (Wildman–Crippen MR) is 57.3 cm³/mol. The average Bonchev–Trinajstić information content (AvgIpc) is 2.07. The summed E-state index contributed by atoms with van der Waals surface area (Å²) in [6.07, 6.45) is -0.870. The Labute approximate surface area is 91.1 Å². The second-order valence-corrected chi connectivity index (χ2v) is 4.75. The van der Waals surface area contributed by atoms with Crippen LogP contribution >= 0.6 is 15.9 Å². The molecule has 78 valence electrons. The van der Waals surface area contributed by atoms with E-state index < -0.39 is 17.5 Å². The number of aliphatic hydroxyl groups excluding tert-OH is 1. The highest BCUT2D eigenvalue weighted by Crippen LogP contribution is 2.26. The molecule has 0 radical (unpaired) electrons. The Kier molecular flexibility index (Phi) is 3.29. The smallest absolute Gasteiger partial charge is 0.137 e. The highest BCUT2D eigenvalue weighted by molar-refractivity contribution is 9.10. The first-order chi connectivity index (χ1) is 6.32. The molecule has 4 heteroatoms. The van der Waals surface area contributed by atoms with Gasteiger partial charge in [-0.3, -0.25) is 0 Å². The topological polar surface area (TPSA) is 46.2 Å². The zero-order valence-corrected chi connectivity index (χ0v) is 9.68. The van der Waals surface area contributed by atoms with Crippen molar-refractivity contribution in [2.24, 2.45) is 5.73 Å². The van der Waals surface area contributed by atoms with E-state index in [-0.39, 0.29) is 0 Å². The fourth-order valence-electron chi connectivity index (χ4n) is 1.11. The molecule has 2 nitrogen and oxygen atoms in total. The lowest BCUT2D eigenvalue weighted by atomic mass is 9.92. The number of rotatable bonds is 2. The first kappa shape index (κ1) is 11.6. The van der Waals surface area contributed by atoms with E-state index >= 15 is 0 Å². The Morgan fingerprint density at radius 3 is 2.50 bits per heavy atom. The maximum absolute atomic E-state index is 13.1. The minimum Gasteiger partial charge on any atom is -0.387 e. The number of nitrogens with two attached hydrogens (primary N) is 1. The number of aliphatic hydroxyl groups is 1. The second kappa shape index (κ2) is 3.96. The highest BCUT2D eigenvalue weighted by atomic mass is 79.9. The van der Waals surface area contributed by atoms with Gasteiger partial charge in [-0.1, -0.05) is 6.07 Å². The Balaban J connectivity index is 3.03. The minimum absolute atomic E-state index is 0.378.